The molecule has 2 aliphatic rings. The van der Waals surface area contributed by atoms with Crippen LogP contribution in [0.15, 0.2) is 48.5 Å². The van der Waals surface area contributed by atoms with Gasteiger partial charge in [0, 0.05) is 30.6 Å². The zero-order valence-electron chi connectivity index (χ0n) is 19.2. The van der Waals surface area contributed by atoms with Crippen LogP contribution in [0.5, 0.6) is 0 Å². The van der Waals surface area contributed by atoms with Crippen molar-refractivity contribution in [3.8, 4) is 11.8 Å². The maximum absolute atomic E-state index is 13.2. The molecule has 1 heterocycles. The van der Waals surface area contributed by atoms with Crippen LogP contribution in [0.25, 0.3) is 0 Å². The highest BCUT2D eigenvalue weighted by Crippen LogP contribution is 2.26. The Morgan fingerprint density at radius 2 is 1.52 bits per heavy atom. The van der Waals surface area contributed by atoms with E-state index >= 15 is 0 Å². The molecule has 5 heteroatoms. The van der Waals surface area contributed by atoms with E-state index < -0.39 is 0 Å². The Balaban J connectivity index is 1.32. The zero-order valence-corrected chi connectivity index (χ0v) is 19.2. The third kappa shape index (κ3) is 6.38. The molecule has 0 spiro atoms. The smallest absolute Gasteiger partial charge is 0.314 e. The van der Waals surface area contributed by atoms with E-state index in [4.69, 9.17) is 0 Å². The molecule has 2 aromatic carbocycles. The lowest BCUT2D eigenvalue weighted by Gasteiger charge is -2.26. The van der Waals surface area contributed by atoms with Crippen LogP contribution in [-0.4, -0.2) is 25.0 Å². The highest BCUT2D eigenvalue weighted by molar-refractivity contribution is 5.95. The molecule has 4 rings (SSSR count). The number of carbonyl (C=O) groups excluding carboxylic acids is 2. The molecule has 1 aliphatic heterocycles. The SMILES string of the molecule is O=C(NCCC(=O)N1Cc2ccccc2C#Cc2ccccc21)NCC1CCCCCCC1. The second-order valence-electron chi connectivity index (χ2n) is 9.00. The number of benzene rings is 2. The van der Waals surface area contributed by atoms with E-state index in [0.717, 1.165) is 22.4 Å². The lowest BCUT2D eigenvalue weighted by Crippen LogP contribution is -2.40. The van der Waals surface area contributed by atoms with Crippen molar-refractivity contribution in [2.75, 3.05) is 18.0 Å². The molecule has 0 aromatic heterocycles. The minimum atomic E-state index is -0.186. The number of nitrogens with one attached hydrogen (secondary N) is 2. The first-order chi connectivity index (χ1) is 16.2. The van der Waals surface area contributed by atoms with Crippen molar-refractivity contribution in [2.24, 2.45) is 5.92 Å². The van der Waals surface area contributed by atoms with Crippen molar-refractivity contribution < 1.29 is 9.59 Å². The first-order valence-electron chi connectivity index (χ1n) is 12.2. The number of amides is 3. The van der Waals surface area contributed by atoms with Crippen LogP contribution < -0.4 is 15.5 Å². The number of urea groups is 1. The summed E-state index contributed by atoms with van der Waals surface area (Å²) in [4.78, 5) is 27.3. The number of rotatable bonds is 5. The largest absolute Gasteiger partial charge is 0.338 e. The third-order valence-electron chi connectivity index (χ3n) is 6.57. The fraction of sp³-hybridized carbons (Fsp3) is 0.429. The molecule has 172 valence electrons. The molecular weight excluding hydrogens is 410 g/mol. The Morgan fingerprint density at radius 1 is 0.848 bits per heavy atom. The van der Waals surface area contributed by atoms with Gasteiger partial charge in [0.05, 0.1) is 12.2 Å². The highest BCUT2D eigenvalue weighted by Gasteiger charge is 2.21. The second kappa shape index (κ2) is 11.6. The van der Waals surface area contributed by atoms with Gasteiger partial charge in [0.1, 0.15) is 0 Å². The molecule has 1 saturated carbocycles. The first kappa shape index (κ1) is 22.9. The molecule has 0 bridgehead atoms. The van der Waals surface area contributed by atoms with Crippen molar-refractivity contribution in [3.63, 3.8) is 0 Å². The third-order valence-corrected chi connectivity index (χ3v) is 6.57. The molecule has 2 aromatic rings. The number of anilines is 1. The van der Waals surface area contributed by atoms with Crippen LogP contribution in [0.2, 0.25) is 0 Å². The lowest BCUT2D eigenvalue weighted by molar-refractivity contribution is -0.118. The highest BCUT2D eigenvalue weighted by atomic mass is 16.2. The number of para-hydroxylation sites is 1. The van der Waals surface area contributed by atoms with Crippen LogP contribution in [0.3, 0.4) is 0 Å². The molecule has 0 saturated heterocycles. The summed E-state index contributed by atoms with van der Waals surface area (Å²) in [5.74, 6) is 6.99. The van der Waals surface area contributed by atoms with E-state index in [1.807, 2.05) is 48.5 Å². The number of fused-ring (bicyclic) bond motifs is 2. The van der Waals surface area contributed by atoms with Crippen molar-refractivity contribution >= 4 is 17.6 Å². The van der Waals surface area contributed by atoms with Crippen LogP contribution in [0.1, 0.15) is 68.1 Å². The van der Waals surface area contributed by atoms with Gasteiger partial charge in [-0.15, -0.1) is 0 Å². The fourth-order valence-corrected chi connectivity index (χ4v) is 4.67. The fourth-order valence-electron chi connectivity index (χ4n) is 4.67. The Bertz CT molecular complexity index is 1030. The van der Waals surface area contributed by atoms with Gasteiger partial charge < -0.3 is 15.5 Å². The Morgan fingerprint density at radius 3 is 2.33 bits per heavy atom. The Hall–Kier alpha value is -3.26. The molecule has 0 radical (unpaired) electrons. The van der Waals surface area contributed by atoms with Gasteiger partial charge in [-0.1, -0.05) is 74.3 Å². The summed E-state index contributed by atoms with van der Waals surface area (Å²) in [6, 6.07) is 15.5. The average Bonchev–Trinajstić information content (AvgIpc) is 2.80. The number of carbonyl (C=O) groups is 2. The van der Waals surface area contributed by atoms with Gasteiger partial charge in [0.25, 0.3) is 0 Å². The lowest BCUT2D eigenvalue weighted by atomic mass is 9.91. The number of hydrogen-bond acceptors (Lipinski definition) is 2. The van der Waals surface area contributed by atoms with Gasteiger partial charge in [-0.3, -0.25) is 4.79 Å². The average molecular weight is 444 g/mol. The van der Waals surface area contributed by atoms with Crippen molar-refractivity contribution in [1.29, 1.82) is 0 Å². The van der Waals surface area contributed by atoms with E-state index in [1.165, 1.54) is 44.9 Å². The normalized spacial score (nSPS) is 15.9. The van der Waals surface area contributed by atoms with Crippen molar-refractivity contribution in [1.82, 2.24) is 10.6 Å². The molecule has 5 nitrogen and oxygen atoms in total. The molecule has 1 aliphatic carbocycles. The summed E-state index contributed by atoms with van der Waals surface area (Å²) in [6.45, 7) is 1.49. The van der Waals surface area contributed by atoms with Gasteiger partial charge >= 0.3 is 6.03 Å². The van der Waals surface area contributed by atoms with Crippen molar-refractivity contribution in [2.45, 2.75) is 57.9 Å². The summed E-state index contributed by atoms with van der Waals surface area (Å²) < 4.78 is 0. The van der Waals surface area contributed by atoms with E-state index in [-0.39, 0.29) is 18.4 Å². The summed E-state index contributed by atoms with van der Waals surface area (Å²) in [7, 11) is 0. The van der Waals surface area contributed by atoms with Crippen LogP contribution >= 0.6 is 0 Å². The molecule has 0 unspecified atom stereocenters. The number of nitrogens with zero attached hydrogens (tertiary/aromatic N) is 1. The standard InChI is InChI=1S/C28H33N3O2/c32-27(18-19-29-28(33)30-20-22-10-4-2-1-3-5-11-22)31-21-25-14-7-6-12-23(25)16-17-24-13-8-9-15-26(24)31/h6-9,12-15,22H,1-5,10-11,18-21H2,(H2,29,30,33). The predicted octanol–water partition coefficient (Wildman–Crippen LogP) is 4.98. The molecule has 1 fully saturated rings. The number of hydrogen-bond donors (Lipinski definition) is 2. The zero-order chi connectivity index (χ0) is 22.9. The van der Waals surface area contributed by atoms with Crippen molar-refractivity contribution in [3.05, 3.63) is 65.2 Å². The second-order valence-corrected chi connectivity index (χ2v) is 9.00. The van der Waals surface area contributed by atoms with Gasteiger partial charge in [0.15, 0.2) is 0 Å². The maximum atomic E-state index is 13.2. The minimum absolute atomic E-state index is 0.0266. The molecule has 0 atom stereocenters. The van der Waals surface area contributed by atoms with Gasteiger partial charge in [-0.2, -0.15) is 0 Å². The van der Waals surface area contributed by atoms with E-state index in [0.29, 0.717) is 25.6 Å². The Labute approximate surface area is 196 Å². The summed E-state index contributed by atoms with van der Waals surface area (Å²) in [5, 5.41) is 5.87. The minimum Gasteiger partial charge on any atom is -0.338 e. The topological polar surface area (TPSA) is 61.4 Å². The summed E-state index contributed by atoms with van der Waals surface area (Å²) in [5.41, 5.74) is 3.62. The van der Waals surface area contributed by atoms with Gasteiger partial charge in [-0.25, -0.2) is 4.79 Å². The van der Waals surface area contributed by atoms with E-state index in [1.54, 1.807) is 4.90 Å². The maximum Gasteiger partial charge on any atom is 0.314 e. The molecule has 2 N–H and O–H groups in total. The first-order valence-corrected chi connectivity index (χ1v) is 12.2. The predicted molar refractivity (Wildman–Crippen MR) is 132 cm³/mol. The molecule has 3 amide bonds. The van der Waals surface area contributed by atoms with Crippen LogP contribution in [0, 0.1) is 17.8 Å². The van der Waals surface area contributed by atoms with Crippen LogP contribution in [-0.2, 0) is 11.3 Å². The monoisotopic (exact) mass is 443 g/mol. The quantitative estimate of drug-likeness (QED) is 0.640. The van der Waals surface area contributed by atoms with E-state index in [2.05, 4.69) is 22.5 Å². The van der Waals surface area contributed by atoms with E-state index in [9.17, 15) is 9.59 Å². The van der Waals surface area contributed by atoms with Crippen LogP contribution in [0.4, 0.5) is 10.5 Å². The molecule has 33 heavy (non-hydrogen) atoms. The molecular formula is C28H33N3O2. The van der Waals surface area contributed by atoms with Gasteiger partial charge in [-0.05, 0) is 42.5 Å². The Kier molecular flexibility index (Phi) is 8.03. The summed E-state index contributed by atoms with van der Waals surface area (Å²) >= 11 is 0. The summed E-state index contributed by atoms with van der Waals surface area (Å²) in [6.07, 6.45) is 9.09. The van der Waals surface area contributed by atoms with Gasteiger partial charge in [0.2, 0.25) is 5.91 Å².